The predicted molar refractivity (Wildman–Crippen MR) is 78.7 cm³/mol. The van der Waals surface area contributed by atoms with Crippen molar-refractivity contribution in [1.82, 2.24) is 0 Å². The zero-order valence-electron chi connectivity index (χ0n) is 12.0. The van der Waals surface area contributed by atoms with Crippen LogP contribution >= 0.6 is 0 Å². The summed E-state index contributed by atoms with van der Waals surface area (Å²) in [6, 6.07) is 13.1. The average molecular weight is 270 g/mol. The van der Waals surface area contributed by atoms with Gasteiger partial charge in [0.1, 0.15) is 0 Å². The van der Waals surface area contributed by atoms with Crippen LogP contribution in [0.2, 0.25) is 0 Å². The van der Waals surface area contributed by atoms with Gasteiger partial charge in [0.15, 0.2) is 23.9 Å². The van der Waals surface area contributed by atoms with Crippen LogP contribution in [-0.4, -0.2) is 19.5 Å². The molecule has 0 radical (unpaired) electrons. The highest BCUT2D eigenvalue weighted by atomic mass is 16.5. The van der Waals surface area contributed by atoms with Crippen LogP contribution in [0.1, 0.15) is 21.5 Å². The van der Waals surface area contributed by atoms with Crippen molar-refractivity contribution in [3.05, 3.63) is 59.2 Å². The lowest BCUT2D eigenvalue weighted by atomic mass is 10.0. The molecule has 0 aliphatic rings. The van der Waals surface area contributed by atoms with Gasteiger partial charge in [-0.2, -0.15) is 0 Å². The number of para-hydroxylation sites is 2. The van der Waals surface area contributed by atoms with Crippen LogP contribution in [0.5, 0.6) is 11.5 Å². The van der Waals surface area contributed by atoms with Crippen LogP contribution in [-0.2, 0) is 0 Å². The monoisotopic (exact) mass is 270 g/mol. The Balaban J connectivity index is 2.11. The number of rotatable bonds is 5. The molecule has 3 heteroatoms. The number of Topliss-reactive ketones (excluding diaryl/α,β-unsaturated/α-hetero) is 1. The maximum absolute atomic E-state index is 12.2. The van der Waals surface area contributed by atoms with E-state index in [1.807, 2.05) is 44.2 Å². The lowest BCUT2D eigenvalue weighted by Crippen LogP contribution is -2.13. The molecule has 2 rings (SSSR count). The molecule has 3 nitrogen and oxygen atoms in total. The van der Waals surface area contributed by atoms with Crippen molar-refractivity contribution in [2.24, 2.45) is 0 Å². The smallest absolute Gasteiger partial charge is 0.200 e. The van der Waals surface area contributed by atoms with Gasteiger partial charge in [-0.25, -0.2) is 0 Å². The molecule has 0 fully saturated rings. The van der Waals surface area contributed by atoms with Crippen molar-refractivity contribution in [2.75, 3.05) is 13.7 Å². The van der Waals surface area contributed by atoms with E-state index in [2.05, 4.69) is 0 Å². The van der Waals surface area contributed by atoms with E-state index in [1.54, 1.807) is 19.2 Å². The van der Waals surface area contributed by atoms with E-state index in [9.17, 15) is 4.79 Å². The minimum absolute atomic E-state index is 0.00463. The number of ether oxygens (including phenoxy) is 2. The lowest BCUT2D eigenvalue weighted by Gasteiger charge is -2.11. The van der Waals surface area contributed by atoms with E-state index < -0.39 is 0 Å². The Kier molecular flexibility index (Phi) is 4.41. The Morgan fingerprint density at radius 1 is 1.05 bits per heavy atom. The Morgan fingerprint density at radius 3 is 2.45 bits per heavy atom. The first-order valence-electron chi connectivity index (χ1n) is 6.48. The topological polar surface area (TPSA) is 35.5 Å². The molecule has 2 aromatic carbocycles. The van der Waals surface area contributed by atoms with Gasteiger partial charge in [0, 0.05) is 5.56 Å². The molecule has 0 aliphatic carbocycles. The van der Waals surface area contributed by atoms with Crippen LogP contribution in [0.25, 0.3) is 0 Å². The van der Waals surface area contributed by atoms with Crippen molar-refractivity contribution >= 4 is 5.78 Å². The number of hydrogen-bond donors (Lipinski definition) is 0. The van der Waals surface area contributed by atoms with E-state index in [4.69, 9.17) is 9.47 Å². The molecule has 0 N–H and O–H groups in total. The summed E-state index contributed by atoms with van der Waals surface area (Å²) in [5, 5.41) is 0. The third-order valence-corrected chi connectivity index (χ3v) is 3.12. The summed E-state index contributed by atoms with van der Waals surface area (Å²) < 4.78 is 10.8. The summed E-state index contributed by atoms with van der Waals surface area (Å²) in [6.45, 7) is 3.90. The molecule has 0 unspecified atom stereocenters. The normalized spacial score (nSPS) is 10.2. The fraction of sp³-hybridized carbons (Fsp3) is 0.235. The first kappa shape index (κ1) is 14.1. The van der Waals surface area contributed by atoms with E-state index in [0.29, 0.717) is 17.1 Å². The van der Waals surface area contributed by atoms with Crippen molar-refractivity contribution in [2.45, 2.75) is 13.8 Å². The van der Waals surface area contributed by atoms with Crippen LogP contribution < -0.4 is 9.47 Å². The maximum Gasteiger partial charge on any atom is 0.200 e. The predicted octanol–water partition coefficient (Wildman–Crippen LogP) is 3.57. The maximum atomic E-state index is 12.2. The number of carbonyl (C=O) groups excluding carboxylic acids is 1. The molecule has 0 heterocycles. The van der Waals surface area contributed by atoms with Gasteiger partial charge in [-0.15, -0.1) is 0 Å². The molecule has 0 atom stereocenters. The minimum Gasteiger partial charge on any atom is -0.493 e. The summed E-state index contributed by atoms with van der Waals surface area (Å²) in [7, 11) is 1.58. The molecule has 0 amide bonds. The Morgan fingerprint density at radius 2 is 1.75 bits per heavy atom. The fourth-order valence-corrected chi connectivity index (χ4v) is 2.00. The Labute approximate surface area is 119 Å². The molecular formula is C17H18O3. The van der Waals surface area contributed by atoms with E-state index >= 15 is 0 Å². The quantitative estimate of drug-likeness (QED) is 0.779. The van der Waals surface area contributed by atoms with Gasteiger partial charge in [-0.05, 0) is 37.6 Å². The van der Waals surface area contributed by atoms with Gasteiger partial charge < -0.3 is 9.47 Å². The summed E-state index contributed by atoms with van der Waals surface area (Å²) in [6.07, 6.45) is 0. The summed E-state index contributed by atoms with van der Waals surface area (Å²) >= 11 is 0. The Bertz CT molecular complexity index is 617. The minimum atomic E-state index is -0.0305. The van der Waals surface area contributed by atoms with Crippen LogP contribution in [0.4, 0.5) is 0 Å². The van der Waals surface area contributed by atoms with E-state index in [-0.39, 0.29) is 12.4 Å². The number of methoxy groups -OCH3 is 1. The third kappa shape index (κ3) is 3.18. The summed E-state index contributed by atoms with van der Waals surface area (Å²) in [5.74, 6) is 1.17. The molecule has 104 valence electrons. The van der Waals surface area contributed by atoms with Crippen LogP contribution in [0, 0.1) is 13.8 Å². The molecule has 0 aliphatic heterocycles. The highest BCUT2D eigenvalue weighted by Crippen LogP contribution is 2.26. The highest BCUT2D eigenvalue weighted by molar-refractivity contribution is 5.98. The fourth-order valence-electron chi connectivity index (χ4n) is 2.00. The summed E-state index contributed by atoms with van der Waals surface area (Å²) in [5.41, 5.74) is 2.74. The number of benzene rings is 2. The number of hydrogen-bond acceptors (Lipinski definition) is 3. The number of aryl methyl sites for hydroxylation is 2. The SMILES string of the molecule is COc1ccccc1OCC(=O)c1cc(C)ccc1C. The van der Waals surface area contributed by atoms with Crippen molar-refractivity contribution < 1.29 is 14.3 Å². The molecule has 0 saturated carbocycles. The Hall–Kier alpha value is -2.29. The van der Waals surface area contributed by atoms with Gasteiger partial charge >= 0.3 is 0 Å². The second kappa shape index (κ2) is 6.24. The average Bonchev–Trinajstić information content (AvgIpc) is 2.47. The molecule has 0 spiro atoms. The standard InChI is InChI=1S/C17H18O3/c1-12-8-9-13(2)14(10-12)15(18)11-20-17-7-5-4-6-16(17)19-3/h4-10H,11H2,1-3H3. The van der Waals surface area contributed by atoms with Crippen LogP contribution in [0.15, 0.2) is 42.5 Å². The molecule has 0 saturated heterocycles. The van der Waals surface area contributed by atoms with Gasteiger partial charge in [-0.3, -0.25) is 4.79 Å². The number of ketones is 1. The van der Waals surface area contributed by atoms with Gasteiger partial charge in [-0.1, -0.05) is 29.8 Å². The molecule has 0 bridgehead atoms. The third-order valence-electron chi connectivity index (χ3n) is 3.12. The lowest BCUT2D eigenvalue weighted by molar-refractivity contribution is 0.0919. The molecule has 20 heavy (non-hydrogen) atoms. The molecular weight excluding hydrogens is 252 g/mol. The zero-order valence-corrected chi connectivity index (χ0v) is 12.0. The molecule has 0 aromatic heterocycles. The van der Waals surface area contributed by atoms with Gasteiger partial charge in [0.05, 0.1) is 7.11 Å². The first-order chi connectivity index (χ1) is 9.61. The van der Waals surface area contributed by atoms with Gasteiger partial charge in [0.2, 0.25) is 0 Å². The summed E-state index contributed by atoms with van der Waals surface area (Å²) in [4.78, 5) is 12.2. The zero-order chi connectivity index (χ0) is 14.5. The van der Waals surface area contributed by atoms with E-state index in [0.717, 1.165) is 11.1 Å². The number of carbonyl (C=O) groups is 1. The van der Waals surface area contributed by atoms with Crippen molar-refractivity contribution in [3.63, 3.8) is 0 Å². The van der Waals surface area contributed by atoms with Crippen molar-refractivity contribution in [3.8, 4) is 11.5 Å². The second-order valence-electron chi connectivity index (χ2n) is 4.68. The highest BCUT2D eigenvalue weighted by Gasteiger charge is 2.11. The molecule has 2 aromatic rings. The van der Waals surface area contributed by atoms with E-state index in [1.165, 1.54) is 0 Å². The first-order valence-corrected chi connectivity index (χ1v) is 6.48. The second-order valence-corrected chi connectivity index (χ2v) is 4.68. The van der Waals surface area contributed by atoms with Crippen LogP contribution in [0.3, 0.4) is 0 Å². The largest absolute Gasteiger partial charge is 0.493 e. The van der Waals surface area contributed by atoms with Gasteiger partial charge in [0.25, 0.3) is 0 Å². The van der Waals surface area contributed by atoms with Crippen molar-refractivity contribution in [1.29, 1.82) is 0 Å².